The molecule has 0 saturated heterocycles. The highest BCUT2D eigenvalue weighted by Crippen LogP contribution is 2.32. The number of nitrogens with one attached hydrogen (secondary N) is 2. The minimum atomic E-state index is -4.01. The summed E-state index contributed by atoms with van der Waals surface area (Å²) in [5, 5.41) is 3.61. The molecular weight excluding hydrogens is 502 g/mol. The van der Waals surface area contributed by atoms with E-state index in [1.54, 1.807) is 24.3 Å². The molecule has 0 heterocycles. The molecule has 0 fully saturated rings. The number of hydrogen-bond donors (Lipinski definition) is 2. The second kappa shape index (κ2) is 10.2. The highest BCUT2D eigenvalue weighted by molar-refractivity contribution is 7.89. The van der Waals surface area contributed by atoms with Crippen molar-refractivity contribution in [3.05, 3.63) is 92.4 Å². The third-order valence-corrected chi connectivity index (χ3v) is 7.06. The van der Waals surface area contributed by atoms with E-state index in [0.717, 1.165) is 5.56 Å². The van der Waals surface area contributed by atoms with Gasteiger partial charge in [-0.3, -0.25) is 4.79 Å². The van der Waals surface area contributed by atoms with E-state index in [1.807, 2.05) is 6.07 Å². The van der Waals surface area contributed by atoms with Gasteiger partial charge in [-0.15, -0.1) is 0 Å². The van der Waals surface area contributed by atoms with E-state index in [4.69, 9.17) is 46.4 Å². The van der Waals surface area contributed by atoms with Gasteiger partial charge in [0.2, 0.25) is 15.9 Å². The summed E-state index contributed by atoms with van der Waals surface area (Å²) < 4.78 is 28.2. The van der Waals surface area contributed by atoms with Gasteiger partial charge in [0, 0.05) is 5.02 Å². The number of halogens is 4. The SMILES string of the molecule is O=C(Nc1cc(Cl)c(Cl)cc1Cl)[C@@H](Cc1ccccc1)NS(=O)(=O)c1ccc(Cl)cc1. The van der Waals surface area contributed by atoms with Crippen molar-refractivity contribution in [2.75, 3.05) is 5.32 Å². The number of carbonyl (C=O) groups excluding carboxylic acids is 1. The van der Waals surface area contributed by atoms with E-state index in [-0.39, 0.29) is 32.1 Å². The Bertz CT molecular complexity index is 1190. The summed E-state index contributed by atoms with van der Waals surface area (Å²) in [5.74, 6) is -0.610. The molecule has 0 aliphatic carbocycles. The van der Waals surface area contributed by atoms with E-state index in [2.05, 4.69) is 10.0 Å². The van der Waals surface area contributed by atoms with E-state index in [1.165, 1.54) is 36.4 Å². The first-order valence-corrected chi connectivity index (χ1v) is 11.9. The Morgan fingerprint density at radius 1 is 0.839 bits per heavy atom. The van der Waals surface area contributed by atoms with E-state index >= 15 is 0 Å². The zero-order valence-corrected chi connectivity index (χ0v) is 19.6. The normalized spacial score (nSPS) is 12.4. The van der Waals surface area contributed by atoms with Crippen molar-refractivity contribution in [2.24, 2.45) is 0 Å². The van der Waals surface area contributed by atoms with Crippen LogP contribution >= 0.6 is 46.4 Å². The second-order valence-electron chi connectivity index (χ2n) is 6.55. The number of anilines is 1. The molecule has 1 amide bonds. The van der Waals surface area contributed by atoms with Crippen molar-refractivity contribution in [3.8, 4) is 0 Å². The Labute approximate surface area is 200 Å². The molecule has 2 N–H and O–H groups in total. The molecule has 0 spiro atoms. The smallest absolute Gasteiger partial charge is 0.242 e. The van der Waals surface area contributed by atoms with Crippen molar-refractivity contribution in [3.63, 3.8) is 0 Å². The molecule has 1 atom stereocenters. The Morgan fingerprint density at radius 2 is 1.45 bits per heavy atom. The van der Waals surface area contributed by atoms with Crippen molar-refractivity contribution in [2.45, 2.75) is 17.4 Å². The zero-order chi connectivity index (χ0) is 22.6. The number of carbonyl (C=O) groups is 1. The minimum absolute atomic E-state index is 0.0182. The summed E-state index contributed by atoms with van der Waals surface area (Å²) in [5.41, 5.74) is 0.978. The molecule has 0 radical (unpaired) electrons. The molecule has 162 valence electrons. The van der Waals surface area contributed by atoms with Crippen LogP contribution in [-0.4, -0.2) is 20.4 Å². The van der Waals surface area contributed by atoms with Gasteiger partial charge in [0.05, 0.1) is 25.7 Å². The fourth-order valence-electron chi connectivity index (χ4n) is 2.74. The summed E-state index contributed by atoms with van der Waals surface area (Å²) in [7, 11) is -4.01. The Hall–Kier alpha value is -1.80. The predicted molar refractivity (Wildman–Crippen MR) is 126 cm³/mol. The molecule has 3 aromatic rings. The van der Waals surface area contributed by atoms with Crippen LogP contribution in [0.1, 0.15) is 5.56 Å². The Morgan fingerprint density at radius 3 is 2.10 bits per heavy atom. The second-order valence-corrected chi connectivity index (χ2v) is 9.92. The van der Waals surface area contributed by atoms with Crippen LogP contribution < -0.4 is 10.0 Å². The largest absolute Gasteiger partial charge is 0.323 e. The maximum Gasteiger partial charge on any atom is 0.242 e. The fourth-order valence-corrected chi connectivity index (χ4v) is 4.66. The van der Waals surface area contributed by atoms with Crippen LogP contribution in [0.25, 0.3) is 0 Å². The van der Waals surface area contributed by atoms with Crippen LogP contribution in [0.15, 0.2) is 71.6 Å². The number of hydrogen-bond acceptors (Lipinski definition) is 3. The number of rotatable bonds is 7. The summed E-state index contributed by atoms with van der Waals surface area (Å²) in [4.78, 5) is 13.0. The van der Waals surface area contributed by atoms with Crippen LogP contribution in [0.2, 0.25) is 20.1 Å². The van der Waals surface area contributed by atoms with Crippen molar-refractivity contribution < 1.29 is 13.2 Å². The third-order valence-electron chi connectivity index (χ3n) is 4.29. The van der Waals surface area contributed by atoms with Gasteiger partial charge >= 0.3 is 0 Å². The standard InChI is InChI=1S/C21H16Cl4N2O3S/c22-14-6-8-15(9-7-14)31(29,30)27-20(10-13-4-2-1-3-5-13)21(28)26-19-12-17(24)16(23)11-18(19)25/h1-9,11-12,20,27H,10H2,(H,26,28)/t20-/m1/s1. The number of sulfonamides is 1. The van der Waals surface area contributed by atoms with Gasteiger partial charge in [-0.25, -0.2) is 8.42 Å². The first-order chi connectivity index (χ1) is 14.7. The fraction of sp³-hybridized carbons (Fsp3) is 0.0952. The molecule has 10 heteroatoms. The lowest BCUT2D eigenvalue weighted by molar-refractivity contribution is -0.117. The summed E-state index contributed by atoms with van der Waals surface area (Å²) in [6.45, 7) is 0. The highest BCUT2D eigenvalue weighted by atomic mass is 35.5. The van der Waals surface area contributed by atoms with E-state index < -0.39 is 22.0 Å². The Kier molecular flexibility index (Phi) is 7.86. The molecule has 0 bridgehead atoms. The summed E-state index contributed by atoms with van der Waals surface area (Å²) in [6.07, 6.45) is 0.110. The molecule has 3 rings (SSSR count). The molecule has 0 aromatic heterocycles. The quantitative estimate of drug-likeness (QED) is 0.387. The van der Waals surface area contributed by atoms with Crippen LogP contribution in [0.5, 0.6) is 0 Å². The summed E-state index contributed by atoms with van der Waals surface area (Å²) >= 11 is 23.9. The monoisotopic (exact) mass is 516 g/mol. The molecular formula is C21H16Cl4N2O3S. The van der Waals surface area contributed by atoms with Gasteiger partial charge in [-0.05, 0) is 48.4 Å². The van der Waals surface area contributed by atoms with Crippen LogP contribution in [0.3, 0.4) is 0 Å². The average Bonchev–Trinajstić information content (AvgIpc) is 2.72. The Balaban J connectivity index is 1.89. The first kappa shape index (κ1) is 23.9. The van der Waals surface area contributed by atoms with Crippen molar-refractivity contribution in [1.82, 2.24) is 4.72 Å². The number of amides is 1. The van der Waals surface area contributed by atoms with Crippen molar-refractivity contribution in [1.29, 1.82) is 0 Å². The molecule has 0 saturated carbocycles. The summed E-state index contributed by atoms with van der Waals surface area (Å²) in [6, 6.07) is 16.3. The first-order valence-electron chi connectivity index (χ1n) is 8.93. The van der Waals surface area contributed by atoms with Crippen LogP contribution in [0, 0.1) is 0 Å². The molecule has 3 aromatic carbocycles. The lowest BCUT2D eigenvalue weighted by atomic mass is 10.1. The van der Waals surface area contributed by atoms with Crippen LogP contribution in [-0.2, 0) is 21.2 Å². The highest BCUT2D eigenvalue weighted by Gasteiger charge is 2.27. The predicted octanol–water partition coefficient (Wildman–Crippen LogP) is 5.83. The maximum atomic E-state index is 13.0. The molecule has 0 aliphatic rings. The minimum Gasteiger partial charge on any atom is -0.323 e. The van der Waals surface area contributed by atoms with Gasteiger partial charge in [0.1, 0.15) is 6.04 Å². The lowest BCUT2D eigenvalue weighted by Gasteiger charge is -2.19. The van der Waals surface area contributed by atoms with Gasteiger partial charge in [-0.1, -0.05) is 76.7 Å². The topological polar surface area (TPSA) is 75.3 Å². The van der Waals surface area contributed by atoms with Crippen molar-refractivity contribution >= 4 is 68.0 Å². The van der Waals surface area contributed by atoms with Gasteiger partial charge < -0.3 is 5.32 Å². The van der Waals surface area contributed by atoms with Crippen LogP contribution in [0.4, 0.5) is 5.69 Å². The maximum absolute atomic E-state index is 13.0. The molecule has 5 nitrogen and oxygen atoms in total. The van der Waals surface area contributed by atoms with E-state index in [0.29, 0.717) is 5.02 Å². The molecule has 0 aliphatic heterocycles. The van der Waals surface area contributed by atoms with E-state index in [9.17, 15) is 13.2 Å². The van der Waals surface area contributed by atoms with Gasteiger partial charge in [-0.2, -0.15) is 4.72 Å². The lowest BCUT2D eigenvalue weighted by Crippen LogP contribution is -2.45. The van der Waals surface area contributed by atoms with Gasteiger partial charge in [0.25, 0.3) is 0 Å². The zero-order valence-electron chi connectivity index (χ0n) is 15.8. The third kappa shape index (κ3) is 6.35. The molecule has 0 unspecified atom stereocenters. The van der Waals surface area contributed by atoms with Gasteiger partial charge in [0.15, 0.2) is 0 Å². The molecule has 31 heavy (non-hydrogen) atoms. The number of benzene rings is 3. The average molecular weight is 518 g/mol.